The van der Waals surface area contributed by atoms with Crippen LogP contribution in [0.4, 0.5) is 17.1 Å². The Hall–Kier alpha value is -5.08. The van der Waals surface area contributed by atoms with Crippen molar-refractivity contribution in [2.24, 2.45) is 0 Å². The first kappa shape index (κ1) is 26.2. The summed E-state index contributed by atoms with van der Waals surface area (Å²) < 4.78 is 0. The summed E-state index contributed by atoms with van der Waals surface area (Å²) in [6, 6.07) is 28.5. The van der Waals surface area contributed by atoms with Crippen molar-refractivity contribution in [2.75, 3.05) is 48.3 Å². The topological polar surface area (TPSA) is 98.8 Å². The zero-order chi connectivity index (χ0) is 28.3. The van der Waals surface area contributed by atoms with Gasteiger partial charge < -0.3 is 15.5 Å². The number of para-hydroxylation sites is 1. The van der Waals surface area contributed by atoms with Crippen LogP contribution < -0.4 is 15.5 Å². The fraction of sp³-hybridized carbons (Fsp3) is 0.152. The third kappa shape index (κ3) is 5.25. The molecule has 4 aromatic carbocycles. The molecule has 4 aromatic rings. The number of hydrogen-bond donors (Lipinski definition) is 2. The SMILES string of the molecule is O=C(CN1CCN(c2ccccc2)CC1)Nc1ccc2c(c1NC(=O)c1ccccc1)C(=O)c1ccccc1C2=O. The highest BCUT2D eigenvalue weighted by atomic mass is 16.2. The lowest BCUT2D eigenvalue weighted by molar-refractivity contribution is -0.117. The molecule has 1 fully saturated rings. The van der Waals surface area contributed by atoms with Crippen LogP contribution in [0.2, 0.25) is 0 Å². The first-order valence-electron chi connectivity index (χ1n) is 13.5. The summed E-state index contributed by atoms with van der Waals surface area (Å²) in [7, 11) is 0. The van der Waals surface area contributed by atoms with Gasteiger partial charge in [-0.3, -0.25) is 24.1 Å². The molecule has 1 heterocycles. The van der Waals surface area contributed by atoms with Gasteiger partial charge in [-0.25, -0.2) is 0 Å². The van der Waals surface area contributed by atoms with Crippen molar-refractivity contribution in [2.45, 2.75) is 0 Å². The zero-order valence-corrected chi connectivity index (χ0v) is 22.3. The Labute approximate surface area is 237 Å². The average Bonchev–Trinajstić information content (AvgIpc) is 3.01. The van der Waals surface area contributed by atoms with Crippen LogP contribution in [-0.4, -0.2) is 61.0 Å². The van der Waals surface area contributed by atoms with Crippen LogP contribution in [0.5, 0.6) is 0 Å². The average molecular weight is 545 g/mol. The molecule has 8 heteroatoms. The van der Waals surface area contributed by atoms with Crippen LogP contribution >= 0.6 is 0 Å². The number of fused-ring (bicyclic) bond motifs is 2. The van der Waals surface area contributed by atoms with E-state index < -0.39 is 5.91 Å². The van der Waals surface area contributed by atoms with Crippen molar-refractivity contribution < 1.29 is 19.2 Å². The lowest BCUT2D eigenvalue weighted by Crippen LogP contribution is -2.48. The molecule has 0 radical (unpaired) electrons. The molecule has 0 atom stereocenters. The van der Waals surface area contributed by atoms with Gasteiger partial charge in [-0.05, 0) is 36.4 Å². The smallest absolute Gasteiger partial charge is 0.255 e. The number of benzene rings is 4. The Bertz CT molecular complexity index is 1640. The zero-order valence-electron chi connectivity index (χ0n) is 22.3. The van der Waals surface area contributed by atoms with Gasteiger partial charge in [0.05, 0.1) is 23.5 Å². The number of piperazine rings is 1. The van der Waals surface area contributed by atoms with E-state index in [0.717, 1.165) is 18.8 Å². The van der Waals surface area contributed by atoms with E-state index in [9.17, 15) is 19.2 Å². The van der Waals surface area contributed by atoms with Gasteiger partial charge in [-0.2, -0.15) is 0 Å². The van der Waals surface area contributed by atoms with Crippen LogP contribution in [0, 0.1) is 0 Å². The van der Waals surface area contributed by atoms with Crippen LogP contribution in [0.15, 0.2) is 97.1 Å². The molecule has 1 aliphatic heterocycles. The molecule has 0 saturated carbocycles. The van der Waals surface area contributed by atoms with E-state index >= 15 is 0 Å². The van der Waals surface area contributed by atoms with E-state index in [0.29, 0.717) is 24.2 Å². The Balaban J connectivity index is 1.25. The number of hydrogen-bond acceptors (Lipinski definition) is 6. The fourth-order valence-electron chi connectivity index (χ4n) is 5.39. The molecule has 2 amide bonds. The van der Waals surface area contributed by atoms with E-state index in [2.05, 4.69) is 32.6 Å². The number of amides is 2. The van der Waals surface area contributed by atoms with Crippen LogP contribution in [0.25, 0.3) is 0 Å². The number of anilines is 3. The molecule has 41 heavy (non-hydrogen) atoms. The van der Waals surface area contributed by atoms with Gasteiger partial charge >= 0.3 is 0 Å². The maximum atomic E-state index is 13.7. The van der Waals surface area contributed by atoms with E-state index in [1.165, 1.54) is 6.07 Å². The summed E-state index contributed by atoms with van der Waals surface area (Å²) in [6.07, 6.45) is 0. The van der Waals surface area contributed by atoms with E-state index in [4.69, 9.17) is 0 Å². The molecular formula is C33H28N4O4. The monoisotopic (exact) mass is 544 g/mol. The largest absolute Gasteiger partial charge is 0.369 e. The molecule has 2 aliphatic rings. The van der Waals surface area contributed by atoms with Gasteiger partial charge in [0.25, 0.3) is 5.91 Å². The Morgan fingerprint density at radius 3 is 1.93 bits per heavy atom. The van der Waals surface area contributed by atoms with Gasteiger partial charge in [0.15, 0.2) is 11.6 Å². The molecule has 1 aliphatic carbocycles. The van der Waals surface area contributed by atoms with Crippen molar-refractivity contribution in [1.29, 1.82) is 0 Å². The summed E-state index contributed by atoms with van der Waals surface area (Å²) in [5.41, 5.74) is 2.77. The molecule has 2 N–H and O–H groups in total. The third-order valence-electron chi connectivity index (χ3n) is 7.50. The number of carbonyl (C=O) groups is 4. The lowest BCUT2D eigenvalue weighted by atomic mass is 9.82. The van der Waals surface area contributed by atoms with Crippen molar-refractivity contribution in [3.05, 3.63) is 125 Å². The van der Waals surface area contributed by atoms with Gasteiger partial charge in [0.1, 0.15) is 0 Å². The van der Waals surface area contributed by atoms with Crippen molar-refractivity contribution in [3.8, 4) is 0 Å². The molecule has 0 unspecified atom stereocenters. The minimum atomic E-state index is -0.453. The second kappa shape index (κ2) is 11.2. The highest BCUT2D eigenvalue weighted by Gasteiger charge is 2.33. The Kier molecular flexibility index (Phi) is 7.14. The maximum absolute atomic E-state index is 13.7. The minimum absolute atomic E-state index is 0.0762. The number of rotatable bonds is 6. The summed E-state index contributed by atoms with van der Waals surface area (Å²) in [4.78, 5) is 57.8. The van der Waals surface area contributed by atoms with Crippen molar-refractivity contribution in [1.82, 2.24) is 4.90 Å². The van der Waals surface area contributed by atoms with Crippen molar-refractivity contribution in [3.63, 3.8) is 0 Å². The second-order valence-corrected chi connectivity index (χ2v) is 10.1. The van der Waals surface area contributed by atoms with Gasteiger partial charge in [-0.15, -0.1) is 0 Å². The normalized spacial score (nSPS) is 14.7. The number of ketones is 2. The molecule has 1 saturated heterocycles. The highest BCUT2D eigenvalue weighted by Crippen LogP contribution is 2.37. The Morgan fingerprint density at radius 2 is 1.24 bits per heavy atom. The standard InChI is InChI=1S/C33H28N4O4/c38-28(21-36-17-19-37(20-18-36)23-11-5-2-6-12-23)34-27-16-15-26-29(30(27)35-33(41)22-9-3-1-4-10-22)32(40)25-14-8-7-13-24(25)31(26)39/h1-16H,17-21H2,(H,34,38)(H,35,41). The molecule has 204 valence electrons. The number of nitrogens with zero attached hydrogens (tertiary/aromatic N) is 2. The van der Waals surface area contributed by atoms with E-state index in [1.807, 2.05) is 18.2 Å². The summed E-state index contributed by atoms with van der Waals surface area (Å²) in [6.45, 7) is 3.18. The van der Waals surface area contributed by atoms with E-state index in [1.54, 1.807) is 60.7 Å². The Morgan fingerprint density at radius 1 is 0.634 bits per heavy atom. The quantitative estimate of drug-likeness (QED) is 0.327. The predicted octanol–water partition coefficient (Wildman–Crippen LogP) is 4.48. The molecule has 0 aromatic heterocycles. The first-order valence-corrected chi connectivity index (χ1v) is 13.5. The molecule has 0 spiro atoms. The first-order chi connectivity index (χ1) is 20.0. The van der Waals surface area contributed by atoms with E-state index in [-0.39, 0.29) is 52.1 Å². The van der Waals surface area contributed by atoms with Crippen LogP contribution in [-0.2, 0) is 4.79 Å². The van der Waals surface area contributed by atoms with Crippen LogP contribution in [0.3, 0.4) is 0 Å². The predicted molar refractivity (Wildman–Crippen MR) is 158 cm³/mol. The molecule has 6 rings (SSSR count). The lowest BCUT2D eigenvalue weighted by Gasteiger charge is -2.35. The minimum Gasteiger partial charge on any atom is -0.369 e. The molecule has 0 bridgehead atoms. The molecule has 8 nitrogen and oxygen atoms in total. The number of nitrogens with one attached hydrogen (secondary N) is 2. The van der Waals surface area contributed by atoms with Gasteiger partial charge in [0, 0.05) is 54.1 Å². The summed E-state index contributed by atoms with van der Waals surface area (Å²) >= 11 is 0. The third-order valence-corrected chi connectivity index (χ3v) is 7.50. The van der Waals surface area contributed by atoms with Crippen LogP contribution in [0.1, 0.15) is 42.2 Å². The highest BCUT2D eigenvalue weighted by molar-refractivity contribution is 6.31. The summed E-state index contributed by atoms with van der Waals surface area (Å²) in [5.74, 6) is -1.42. The maximum Gasteiger partial charge on any atom is 0.255 e. The molecular weight excluding hydrogens is 516 g/mol. The van der Waals surface area contributed by atoms with Crippen molar-refractivity contribution >= 4 is 40.4 Å². The van der Waals surface area contributed by atoms with Gasteiger partial charge in [0.2, 0.25) is 5.91 Å². The summed E-state index contributed by atoms with van der Waals surface area (Å²) in [5, 5.41) is 5.72. The van der Waals surface area contributed by atoms with Gasteiger partial charge in [-0.1, -0.05) is 60.7 Å². The second-order valence-electron chi connectivity index (χ2n) is 10.1. The fourth-order valence-corrected chi connectivity index (χ4v) is 5.39. The number of carbonyl (C=O) groups excluding carboxylic acids is 4.